The minimum absolute atomic E-state index is 0.495. The highest BCUT2D eigenvalue weighted by atomic mass is 32.1. The molecule has 0 aromatic heterocycles. The van der Waals surface area contributed by atoms with Gasteiger partial charge in [0.2, 0.25) is 0 Å². The molecule has 1 rings (SSSR count). The Morgan fingerprint density at radius 1 is 1.80 bits per heavy atom. The number of rotatable bonds is 2. The fourth-order valence-corrected chi connectivity index (χ4v) is 1.37. The molecule has 0 amide bonds. The molecule has 0 radical (unpaired) electrons. The van der Waals surface area contributed by atoms with E-state index in [2.05, 4.69) is 37.5 Å². The summed E-state index contributed by atoms with van der Waals surface area (Å²) >= 11 is 4.33. The van der Waals surface area contributed by atoms with E-state index in [1.807, 2.05) is 6.08 Å². The lowest BCUT2D eigenvalue weighted by Crippen LogP contribution is -2.03. The maximum atomic E-state index is 4.33. The molecule has 1 heteroatoms. The highest BCUT2D eigenvalue weighted by Gasteiger charge is 2.07. The molecule has 0 N–H and O–H groups in total. The molecule has 1 aliphatic carbocycles. The Morgan fingerprint density at radius 3 is 3.10 bits per heavy atom. The second-order valence-electron chi connectivity index (χ2n) is 2.73. The van der Waals surface area contributed by atoms with Crippen LogP contribution in [0.1, 0.15) is 19.8 Å². The van der Waals surface area contributed by atoms with Crippen LogP contribution >= 0.6 is 12.6 Å². The topological polar surface area (TPSA) is 0 Å². The molecule has 0 nitrogen and oxygen atoms in total. The fourth-order valence-electron chi connectivity index (χ4n) is 1.10. The first kappa shape index (κ1) is 7.75. The van der Waals surface area contributed by atoms with Crippen molar-refractivity contribution in [2.75, 3.05) is 0 Å². The van der Waals surface area contributed by atoms with Gasteiger partial charge in [-0.1, -0.05) is 24.8 Å². The maximum Gasteiger partial charge on any atom is 0.0156 e. The Kier molecular flexibility index (Phi) is 2.89. The molecule has 0 aromatic rings. The zero-order valence-electron chi connectivity index (χ0n) is 6.17. The van der Waals surface area contributed by atoms with Crippen molar-refractivity contribution in [3.63, 3.8) is 0 Å². The smallest absolute Gasteiger partial charge is 0.0156 e. The van der Waals surface area contributed by atoms with Crippen LogP contribution in [0.4, 0.5) is 0 Å². The molecule has 1 aliphatic rings. The standard InChI is InChI=1S/C9H12S/c1-8(10)7-9-5-3-2-4-6-9/h3,5,8-10H,6-7H2,1H3. The Morgan fingerprint density at radius 2 is 2.60 bits per heavy atom. The van der Waals surface area contributed by atoms with Crippen molar-refractivity contribution in [3.05, 3.63) is 12.2 Å². The Hall–Kier alpha value is -0.350. The lowest BCUT2D eigenvalue weighted by molar-refractivity contribution is 0.604. The van der Waals surface area contributed by atoms with Crippen molar-refractivity contribution < 1.29 is 0 Å². The van der Waals surface area contributed by atoms with Crippen LogP contribution in [0.15, 0.2) is 12.2 Å². The van der Waals surface area contributed by atoms with Crippen molar-refractivity contribution in [1.29, 1.82) is 0 Å². The molecule has 0 aliphatic heterocycles. The molecule has 0 aromatic carbocycles. The second kappa shape index (κ2) is 3.73. The molecule has 2 atom stereocenters. The Labute approximate surface area is 68.1 Å². The molecule has 10 heavy (non-hydrogen) atoms. The molecule has 2 unspecified atom stereocenters. The first-order valence-electron chi connectivity index (χ1n) is 3.62. The van der Waals surface area contributed by atoms with Gasteiger partial charge in [0, 0.05) is 6.42 Å². The summed E-state index contributed by atoms with van der Waals surface area (Å²) in [7, 11) is 0. The van der Waals surface area contributed by atoms with E-state index in [1.54, 1.807) is 0 Å². The summed E-state index contributed by atoms with van der Waals surface area (Å²) < 4.78 is 0. The summed E-state index contributed by atoms with van der Waals surface area (Å²) in [5, 5.41) is 0.495. The fraction of sp³-hybridized carbons (Fsp3) is 0.556. The average Bonchev–Trinajstić information content (AvgIpc) is 1.88. The van der Waals surface area contributed by atoms with Crippen LogP contribution in [0.3, 0.4) is 0 Å². The van der Waals surface area contributed by atoms with E-state index in [1.165, 1.54) is 0 Å². The van der Waals surface area contributed by atoms with Gasteiger partial charge >= 0.3 is 0 Å². The van der Waals surface area contributed by atoms with E-state index in [4.69, 9.17) is 0 Å². The first-order chi connectivity index (χ1) is 4.79. The summed E-state index contributed by atoms with van der Waals surface area (Å²) in [6, 6.07) is 0. The summed E-state index contributed by atoms with van der Waals surface area (Å²) in [6.07, 6.45) is 6.29. The predicted octanol–water partition coefficient (Wildman–Crippen LogP) is 2.27. The minimum Gasteiger partial charge on any atom is -0.176 e. The van der Waals surface area contributed by atoms with Crippen molar-refractivity contribution >= 4 is 12.6 Å². The summed E-state index contributed by atoms with van der Waals surface area (Å²) in [5.41, 5.74) is 0. The van der Waals surface area contributed by atoms with Gasteiger partial charge in [-0.3, -0.25) is 0 Å². The van der Waals surface area contributed by atoms with Gasteiger partial charge in [0.15, 0.2) is 0 Å². The van der Waals surface area contributed by atoms with E-state index in [9.17, 15) is 0 Å². The van der Waals surface area contributed by atoms with E-state index in [0.29, 0.717) is 11.2 Å². The molecule has 54 valence electrons. The highest BCUT2D eigenvalue weighted by molar-refractivity contribution is 7.80. The average molecular weight is 152 g/mol. The zero-order valence-corrected chi connectivity index (χ0v) is 7.07. The quantitative estimate of drug-likeness (QED) is 0.455. The van der Waals surface area contributed by atoms with E-state index in [-0.39, 0.29) is 0 Å². The summed E-state index contributed by atoms with van der Waals surface area (Å²) in [4.78, 5) is 0. The highest BCUT2D eigenvalue weighted by Crippen LogP contribution is 2.16. The number of allylic oxidation sites excluding steroid dienone is 2. The molecule has 0 saturated heterocycles. The van der Waals surface area contributed by atoms with Crippen LogP contribution in [-0.2, 0) is 0 Å². The van der Waals surface area contributed by atoms with Gasteiger partial charge in [-0.15, -0.1) is 0 Å². The van der Waals surface area contributed by atoms with Crippen LogP contribution in [-0.4, -0.2) is 5.25 Å². The number of hydrogen-bond acceptors (Lipinski definition) is 1. The summed E-state index contributed by atoms with van der Waals surface area (Å²) in [6.45, 7) is 2.12. The molecule has 0 bridgehead atoms. The third-order valence-electron chi connectivity index (χ3n) is 1.56. The van der Waals surface area contributed by atoms with E-state index >= 15 is 0 Å². The van der Waals surface area contributed by atoms with Crippen LogP contribution < -0.4 is 0 Å². The summed E-state index contributed by atoms with van der Waals surface area (Å²) in [5.74, 6) is 6.65. The number of thiol groups is 1. The lowest BCUT2D eigenvalue weighted by atomic mass is 9.97. The monoisotopic (exact) mass is 152 g/mol. The van der Waals surface area contributed by atoms with Crippen molar-refractivity contribution in [2.45, 2.75) is 25.0 Å². The van der Waals surface area contributed by atoms with Crippen LogP contribution in [0.5, 0.6) is 0 Å². The third kappa shape index (κ3) is 2.49. The van der Waals surface area contributed by atoms with Crippen molar-refractivity contribution in [1.82, 2.24) is 0 Å². The van der Waals surface area contributed by atoms with E-state index < -0.39 is 0 Å². The third-order valence-corrected chi connectivity index (χ3v) is 1.77. The van der Waals surface area contributed by atoms with E-state index in [0.717, 1.165) is 12.8 Å². The normalized spacial score (nSPS) is 25.2. The molecule has 0 heterocycles. The van der Waals surface area contributed by atoms with Gasteiger partial charge < -0.3 is 0 Å². The largest absolute Gasteiger partial charge is 0.176 e. The lowest BCUT2D eigenvalue weighted by Gasteiger charge is -2.12. The zero-order chi connectivity index (χ0) is 7.40. The van der Waals surface area contributed by atoms with Crippen LogP contribution in [0.25, 0.3) is 0 Å². The van der Waals surface area contributed by atoms with Gasteiger partial charge in [-0.05, 0) is 23.7 Å². The molecule has 0 fully saturated rings. The van der Waals surface area contributed by atoms with Crippen molar-refractivity contribution in [3.8, 4) is 11.8 Å². The maximum absolute atomic E-state index is 4.33. The van der Waals surface area contributed by atoms with Gasteiger partial charge in [-0.25, -0.2) is 0 Å². The minimum atomic E-state index is 0.495. The predicted molar refractivity (Wildman–Crippen MR) is 48.1 cm³/mol. The van der Waals surface area contributed by atoms with Gasteiger partial charge in [0.05, 0.1) is 0 Å². The van der Waals surface area contributed by atoms with Gasteiger partial charge in [0.25, 0.3) is 0 Å². The van der Waals surface area contributed by atoms with Crippen molar-refractivity contribution in [2.24, 2.45) is 5.92 Å². The molecular weight excluding hydrogens is 140 g/mol. The van der Waals surface area contributed by atoms with Gasteiger partial charge in [0.1, 0.15) is 0 Å². The van der Waals surface area contributed by atoms with Crippen LogP contribution in [0, 0.1) is 17.8 Å². The van der Waals surface area contributed by atoms with Gasteiger partial charge in [-0.2, -0.15) is 12.6 Å². The second-order valence-corrected chi connectivity index (χ2v) is 3.61. The molecule has 0 spiro atoms. The first-order valence-corrected chi connectivity index (χ1v) is 4.14. The Balaban J connectivity index is 2.33. The van der Waals surface area contributed by atoms with Crippen LogP contribution in [0.2, 0.25) is 0 Å². The Bertz CT molecular complexity index is 181. The molecular formula is C9H12S. The number of hydrogen-bond donors (Lipinski definition) is 1. The SMILES string of the molecule is CC(S)CC1C=CC#CC1. The molecule has 0 saturated carbocycles.